The minimum Gasteiger partial charge on any atom is -0.326 e. The average Bonchev–Trinajstić information content (AvgIpc) is 3.02. The molecule has 1 amide bonds. The van der Waals surface area contributed by atoms with Crippen molar-refractivity contribution in [3.63, 3.8) is 0 Å². The standard InChI is InChI=1S/C15H21N3O/c16-10-11-3-4-14-12(8-11)9-15(19)18(14)7-5-13-2-1-6-17-13/h3-4,8,13,17H,1-2,5-7,9-10,16H2. The largest absolute Gasteiger partial charge is 0.326 e. The van der Waals surface area contributed by atoms with Crippen LogP contribution in [0.3, 0.4) is 0 Å². The van der Waals surface area contributed by atoms with Crippen LogP contribution in [0.15, 0.2) is 18.2 Å². The summed E-state index contributed by atoms with van der Waals surface area (Å²) in [6.07, 6.45) is 4.07. The van der Waals surface area contributed by atoms with Gasteiger partial charge in [0.25, 0.3) is 0 Å². The summed E-state index contributed by atoms with van der Waals surface area (Å²) >= 11 is 0. The molecule has 0 aliphatic carbocycles. The molecule has 0 spiro atoms. The minimum atomic E-state index is 0.224. The summed E-state index contributed by atoms with van der Waals surface area (Å²) in [4.78, 5) is 14.1. The number of anilines is 1. The van der Waals surface area contributed by atoms with Crippen LogP contribution in [0.1, 0.15) is 30.4 Å². The zero-order valence-electron chi connectivity index (χ0n) is 11.2. The second-order valence-electron chi connectivity index (χ2n) is 5.47. The predicted octanol–water partition coefficient (Wildman–Crippen LogP) is 1.18. The Labute approximate surface area is 114 Å². The fraction of sp³-hybridized carbons (Fsp3) is 0.533. The predicted molar refractivity (Wildman–Crippen MR) is 76.0 cm³/mol. The van der Waals surface area contributed by atoms with Crippen molar-refractivity contribution in [2.45, 2.75) is 38.3 Å². The molecule has 0 aromatic heterocycles. The van der Waals surface area contributed by atoms with Crippen molar-refractivity contribution in [3.05, 3.63) is 29.3 Å². The Kier molecular flexibility index (Phi) is 3.53. The molecule has 2 heterocycles. The summed E-state index contributed by atoms with van der Waals surface area (Å²) < 4.78 is 0. The van der Waals surface area contributed by atoms with Gasteiger partial charge in [0, 0.05) is 24.8 Å². The maximum absolute atomic E-state index is 12.1. The molecule has 1 aromatic carbocycles. The highest BCUT2D eigenvalue weighted by atomic mass is 16.2. The third-order valence-corrected chi connectivity index (χ3v) is 4.18. The molecule has 0 radical (unpaired) electrons. The van der Waals surface area contributed by atoms with Gasteiger partial charge in [0.15, 0.2) is 0 Å². The number of fused-ring (bicyclic) bond motifs is 1. The van der Waals surface area contributed by atoms with Crippen molar-refractivity contribution in [1.82, 2.24) is 5.32 Å². The molecule has 3 N–H and O–H groups in total. The third kappa shape index (κ3) is 2.51. The van der Waals surface area contributed by atoms with E-state index in [1.807, 2.05) is 17.0 Å². The fourth-order valence-electron chi connectivity index (χ4n) is 3.10. The second kappa shape index (κ2) is 5.31. The van der Waals surface area contributed by atoms with E-state index in [0.717, 1.165) is 36.3 Å². The number of nitrogens with one attached hydrogen (secondary N) is 1. The number of rotatable bonds is 4. The lowest BCUT2D eigenvalue weighted by atomic mass is 10.1. The first kappa shape index (κ1) is 12.6. The first-order chi connectivity index (χ1) is 9.28. The SMILES string of the molecule is NCc1ccc2c(c1)CC(=O)N2CCC1CCCN1. The Morgan fingerprint density at radius 1 is 1.42 bits per heavy atom. The number of hydrogen-bond acceptors (Lipinski definition) is 3. The fourth-order valence-corrected chi connectivity index (χ4v) is 3.10. The highest BCUT2D eigenvalue weighted by Crippen LogP contribution is 2.30. The molecule has 4 heteroatoms. The van der Waals surface area contributed by atoms with Crippen LogP contribution in [0.4, 0.5) is 5.69 Å². The van der Waals surface area contributed by atoms with Crippen LogP contribution >= 0.6 is 0 Å². The van der Waals surface area contributed by atoms with E-state index in [1.54, 1.807) is 0 Å². The van der Waals surface area contributed by atoms with E-state index in [9.17, 15) is 4.79 Å². The van der Waals surface area contributed by atoms with Gasteiger partial charge in [0.2, 0.25) is 5.91 Å². The summed E-state index contributed by atoms with van der Waals surface area (Å²) in [5.41, 5.74) is 8.97. The number of amides is 1. The highest BCUT2D eigenvalue weighted by Gasteiger charge is 2.28. The molecular weight excluding hydrogens is 238 g/mol. The smallest absolute Gasteiger partial charge is 0.231 e. The Hall–Kier alpha value is -1.39. The normalized spacial score (nSPS) is 22.1. The van der Waals surface area contributed by atoms with Gasteiger partial charge in [0.05, 0.1) is 6.42 Å². The van der Waals surface area contributed by atoms with Gasteiger partial charge in [-0.25, -0.2) is 0 Å². The van der Waals surface area contributed by atoms with Gasteiger partial charge in [-0.05, 0) is 43.0 Å². The number of benzene rings is 1. The monoisotopic (exact) mass is 259 g/mol. The van der Waals surface area contributed by atoms with Gasteiger partial charge in [-0.2, -0.15) is 0 Å². The molecule has 1 atom stereocenters. The summed E-state index contributed by atoms with van der Waals surface area (Å²) in [5, 5.41) is 3.48. The first-order valence-corrected chi connectivity index (χ1v) is 7.13. The first-order valence-electron chi connectivity index (χ1n) is 7.13. The molecule has 1 unspecified atom stereocenters. The summed E-state index contributed by atoms with van der Waals surface area (Å²) in [7, 11) is 0. The maximum atomic E-state index is 12.1. The second-order valence-corrected chi connectivity index (χ2v) is 5.47. The van der Waals surface area contributed by atoms with Crippen molar-refractivity contribution < 1.29 is 4.79 Å². The minimum absolute atomic E-state index is 0.224. The number of nitrogens with two attached hydrogens (primary N) is 1. The lowest BCUT2D eigenvalue weighted by Crippen LogP contribution is -2.32. The van der Waals surface area contributed by atoms with Crippen LogP contribution in [-0.2, 0) is 17.8 Å². The molecule has 0 saturated carbocycles. The Morgan fingerprint density at radius 3 is 3.05 bits per heavy atom. The molecule has 102 valence electrons. The Balaban J connectivity index is 1.71. The molecule has 1 aromatic rings. The number of carbonyl (C=O) groups excluding carboxylic acids is 1. The zero-order chi connectivity index (χ0) is 13.2. The van der Waals surface area contributed by atoms with Gasteiger partial charge in [-0.3, -0.25) is 4.79 Å². The van der Waals surface area contributed by atoms with Crippen LogP contribution < -0.4 is 16.0 Å². The quantitative estimate of drug-likeness (QED) is 0.853. The van der Waals surface area contributed by atoms with Crippen molar-refractivity contribution in [3.8, 4) is 0 Å². The van der Waals surface area contributed by atoms with E-state index in [1.165, 1.54) is 12.8 Å². The van der Waals surface area contributed by atoms with E-state index < -0.39 is 0 Å². The average molecular weight is 259 g/mol. The molecular formula is C15H21N3O. The summed E-state index contributed by atoms with van der Waals surface area (Å²) in [5.74, 6) is 0.224. The Bertz CT molecular complexity index is 480. The zero-order valence-corrected chi connectivity index (χ0v) is 11.2. The van der Waals surface area contributed by atoms with E-state index in [-0.39, 0.29) is 5.91 Å². The van der Waals surface area contributed by atoms with E-state index in [4.69, 9.17) is 5.73 Å². The van der Waals surface area contributed by atoms with Gasteiger partial charge in [-0.15, -0.1) is 0 Å². The lowest BCUT2D eigenvalue weighted by molar-refractivity contribution is -0.117. The lowest BCUT2D eigenvalue weighted by Gasteiger charge is -2.20. The third-order valence-electron chi connectivity index (χ3n) is 4.18. The Morgan fingerprint density at radius 2 is 2.32 bits per heavy atom. The van der Waals surface area contributed by atoms with E-state index in [0.29, 0.717) is 19.0 Å². The number of nitrogens with zero attached hydrogens (tertiary/aromatic N) is 1. The topological polar surface area (TPSA) is 58.4 Å². The molecule has 3 rings (SSSR count). The van der Waals surface area contributed by atoms with Crippen LogP contribution in [0.25, 0.3) is 0 Å². The molecule has 1 saturated heterocycles. The summed E-state index contributed by atoms with van der Waals surface area (Å²) in [6.45, 7) is 2.48. The number of carbonyl (C=O) groups is 1. The molecule has 2 aliphatic rings. The highest BCUT2D eigenvalue weighted by molar-refractivity contribution is 6.01. The molecule has 1 fully saturated rings. The van der Waals surface area contributed by atoms with Crippen molar-refractivity contribution in [1.29, 1.82) is 0 Å². The molecule has 4 nitrogen and oxygen atoms in total. The van der Waals surface area contributed by atoms with E-state index >= 15 is 0 Å². The van der Waals surface area contributed by atoms with Crippen LogP contribution in [0.2, 0.25) is 0 Å². The van der Waals surface area contributed by atoms with E-state index in [2.05, 4.69) is 11.4 Å². The van der Waals surface area contributed by atoms with Gasteiger partial charge in [-0.1, -0.05) is 12.1 Å². The molecule has 0 bridgehead atoms. The molecule has 19 heavy (non-hydrogen) atoms. The van der Waals surface area contributed by atoms with Gasteiger partial charge in [0.1, 0.15) is 0 Å². The van der Waals surface area contributed by atoms with Crippen molar-refractivity contribution in [2.24, 2.45) is 5.73 Å². The van der Waals surface area contributed by atoms with Crippen LogP contribution in [0.5, 0.6) is 0 Å². The van der Waals surface area contributed by atoms with Crippen molar-refractivity contribution >= 4 is 11.6 Å². The van der Waals surface area contributed by atoms with Crippen LogP contribution in [0, 0.1) is 0 Å². The maximum Gasteiger partial charge on any atom is 0.231 e. The molecule has 2 aliphatic heterocycles. The number of hydrogen-bond donors (Lipinski definition) is 2. The van der Waals surface area contributed by atoms with Gasteiger partial charge < -0.3 is 16.0 Å². The van der Waals surface area contributed by atoms with Crippen LogP contribution in [-0.4, -0.2) is 25.0 Å². The summed E-state index contributed by atoms with van der Waals surface area (Å²) in [6, 6.07) is 6.73. The van der Waals surface area contributed by atoms with Crippen molar-refractivity contribution in [2.75, 3.05) is 18.0 Å². The van der Waals surface area contributed by atoms with Gasteiger partial charge >= 0.3 is 0 Å².